The number of rotatable bonds is 5. The number of sulfone groups is 1. The molecule has 1 aromatic rings. The average molecular weight is 535 g/mol. The Morgan fingerprint density at radius 1 is 1.09 bits per heavy atom. The van der Waals surface area contributed by atoms with Crippen molar-refractivity contribution in [1.29, 1.82) is 0 Å². The van der Waals surface area contributed by atoms with E-state index in [9.17, 15) is 44.3 Å². The number of hydrogen-bond acceptors (Lipinski definition) is 7. The van der Waals surface area contributed by atoms with Gasteiger partial charge >= 0.3 is 24.4 Å². The fourth-order valence-corrected chi connectivity index (χ4v) is 5.21. The fraction of sp³-hybridized carbons (Fsp3) is 0.600. The second kappa shape index (κ2) is 9.74. The van der Waals surface area contributed by atoms with Gasteiger partial charge in [-0.2, -0.15) is 26.3 Å². The topological polar surface area (TPSA) is 99.2 Å². The van der Waals surface area contributed by atoms with E-state index in [0.717, 1.165) is 12.0 Å². The highest BCUT2D eigenvalue weighted by Gasteiger charge is 2.49. The molecule has 2 atom stereocenters. The fourth-order valence-electron chi connectivity index (χ4n) is 3.32. The molecule has 0 bridgehead atoms. The lowest BCUT2D eigenvalue weighted by molar-refractivity contribution is -0.153. The van der Waals surface area contributed by atoms with Crippen molar-refractivity contribution in [3.05, 3.63) is 23.8 Å². The van der Waals surface area contributed by atoms with Crippen molar-refractivity contribution in [2.45, 2.75) is 61.3 Å². The summed E-state index contributed by atoms with van der Waals surface area (Å²) in [4.78, 5) is 24.2. The number of ether oxygens (including phenoxy) is 3. The first-order valence-corrected chi connectivity index (χ1v) is 11.5. The van der Waals surface area contributed by atoms with Crippen LogP contribution in [0.4, 0.5) is 31.1 Å². The van der Waals surface area contributed by atoms with E-state index in [1.54, 1.807) is 0 Å². The average Bonchev–Trinajstić information content (AvgIpc) is 3.15. The molecule has 1 heterocycles. The van der Waals surface area contributed by atoms with Gasteiger partial charge in [-0.1, -0.05) is 0 Å². The van der Waals surface area contributed by atoms with Crippen LogP contribution in [0.1, 0.15) is 32.8 Å². The smallest absolute Gasteiger partial charge is 0.422 e. The predicted molar refractivity (Wildman–Crippen MR) is 107 cm³/mol. The minimum absolute atomic E-state index is 0.150. The number of esters is 1. The van der Waals surface area contributed by atoms with Crippen LogP contribution in [0.15, 0.2) is 23.1 Å². The van der Waals surface area contributed by atoms with Gasteiger partial charge in [0, 0.05) is 6.54 Å². The van der Waals surface area contributed by atoms with Gasteiger partial charge in [0.25, 0.3) is 0 Å². The maximum absolute atomic E-state index is 13.7. The maximum atomic E-state index is 13.7. The molecule has 1 aliphatic rings. The largest absolute Gasteiger partial charge is 0.484 e. The Morgan fingerprint density at radius 3 is 2.17 bits per heavy atom. The third-order valence-electron chi connectivity index (χ3n) is 4.77. The summed E-state index contributed by atoms with van der Waals surface area (Å²) >= 11 is 0. The van der Waals surface area contributed by atoms with Crippen molar-refractivity contribution in [2.24, 2.45) is 0 Å². The first kappa shape index (κ1) is 28.5. The highest BCUT2D eigenvalue weighted by Crippen LogP contribution is 2.40. The molecule has 198 valence electrons. The minimum atomic E-state index is -5.27. The van der Waals surface area contributed by atoms with Crippen molar-refractivity contribution in [3.63, 3.8) is 0 Å². The van der Waals surface area contributed by atoms with Gasteiger partial charge < -0.3 is 14.2 Å². The molecule has 0 radical (unpaired) electrons. The summed E-state index contributed by atoms with van der Waals surface area (Å²) < 4.78 is 119. The van der Waals surface area contributed by atoms with Gasteiger partial charge in [0.05, 0.1) is 22.8 Å². The first-order chi connectivity index (χ1) is 15.8. The molecule has 1 amide bonds. The number of likely N-dealkylation sites (tertiary alicyclic amines) is 1. The molecule has 1 fully saturated rings. The van der Waals surface area contributed by atoms with Gasteiger partial charge in [-0.3, -0.25) is 4.90 Å². The summed E-state index contributed by atoms with van der Waals surface area (Å²) in [6.45, 7) is 1.98. The number of amides is 1. The lowest BCUT2D eigenvalue weighted by Crippen LogP contribution is -2.44. The summed E-state index contributed by atoms with van der Waals surface area (Å²) in [5.74, 6) is -1.84. The van der Waals surface area contributed by atoms with Crippen LogP contribution in [0, 0.1) is 0 Å². The molecule has 0 aromatic heterocycles. The second-order valence-corrected chi connectivity index (χ2v) is 10.8. The van der Waals surface area contributed by atoms with Crippen molar-refractivity contribution in [2.75, 3.05) is 20.3 Å². The number of carbonyl (C=O) groups is 2. The zero-order valence-corrected chi connectivity index (χ0v) is 19.8. The molecule has 2 rings (SSSR count). The van der Waals surface area contributed by atoms with Crippen molar-refractivity contribution in [3.8, 4) is 5.75 Å². The molecule has 8 nitrogen and oxygen atoms in total. The second-order valence-electron chi connectivity index (χ2n) is 8.63. The van der Waals surface area contributed by atoms with E-state index in [1.807, 2.05) is 0 Å². The molecule has 1 aromatic carbocycles. The van der Waals surface area contributed by atoms with Crippen LogP contribution in [0.5, 0.6) is 5.75 Å². The van der Waals surface area contributed by atoms with Crippen LogP contribution < -0.4 is 4.74 Å². The zero-order valence-electron chi connectivity index (χ0n) is 19.0. The van der Waals surface area contributed by atoms with Crippen LogP contribution in [0.2, 0.25) is 0 Å². The monoisotopic (exact) mass is 535 g/mol. The third kappa shape index (κ3) is 7.15. The van der Waals surface area contributed by atoms with E-state index < -0.39 is 86.9 Å². The number of nitrogens with zero attached hydrogens (tertiary/aromatic N) is 1. The highest BCUT2D eigenvalue weighted by molar-refractivity contribution is 7.92. The maximum Gasteiger partial charge on any atom is 0.422 e. The molecule has 35 heavy (non-hydrogen) atoms. The molecular formula is C20H23F6NO7S. The van der Waals surface area contributed by atoms with Gasteiger partial charge in [0.2, 0.25) is 0 Å². The Labute approximate surface area is 197 Å². The zero-order chi connectivity index (χ0) is 27.0. The standard InChI is InChI=1S/C20H23F6NO7S/c1-18(2,3)34-17(29)27-9-12(8-14(27)16(28)32-4)35(30,31)15-6-5-11(33-10-19(21,22)23)7-13(15)20(24,25)26/h5-7,12,14H,8-10H2,1-4H3/t12-,14+/m1/s1. The molecule has 0 N–H and O–H groups in total. The van der Waals surface area contributed by atoms with Gasteiger partial charge in [0.1, 0.15) is 17.4 Å². The Balaban J connectivity index is 2.46. The van der Waals surface area contributed by atoms with E-state index in [0.29, 0.717) is 12.1 Å². The molecule has 0 aliphatic carbocycles. The van der Waals surface area contributed by atoms with Gasteiger partial charge in [0.15, 0.2) is 16.4 Å². The summed E-state index contributed by atoms with van der Waals surface area (Å²) in [6.07, 6.45) is -11.8. The Bertz CT molecular complexity index is 1060. The molecule has 1 aliphatic heterocycles. The van der Waals surface area contributed by atoms with Crippen LogP contribution in [-0.4, -0.2) is 68.7 Å². The molecule has 0 unspecified atom stereocenters. The molecule has 0 saturated carbocycles. The lowest BCUT2D eigenvalue weighted by Gasteiger charge is -2.27. The predicted octanol–water partition coefficient (Wildman–Crippen LogP) is 3.97. The summed E-state index contributed by atoms with van der Waals surface area (Å²) in [7, 11) is -3.87. The number of hydrogen-bond donors (Lipinski definition) is 0. The molecular weight excluding hydrogens is 512 g/mol. The quantitative estimate of drug-likeness (QED) is 0.416. The van der Waals surface area contributed by atoms with Crippen molar-refractivity contribution in [1.82, 2.24) is 4.90 Å². The minimum Gasteiger partial charge on any atom is -0.484 e. The Kier molecular flexibility index (Phi) is 7.94. The van der Waals surface area contributed by atoms with Crippen LogP contribution >= 0.6 is 0 Å². The Morgan fingerprint density at radius 2 is 1.69 bits per heavy atom. The SMILES string of the molecule is COC(=O)[C@@H]1C[C@@H](S(=O)(=O)c2ccc(OCC(F)(F)F)cc2C(F)(F)F)CN1C(=O)OC(C)(C)C. The number of alkyl halides is 6. The number of benzene rings is 1. The highest BCUT2D eigenvalue weighted by atomic mass is 32.2. The van der Waals surface area contributed by atoms with E-state index >= 15 is 0 Å². The van der Waals surface area contributed by atoms with E-state index in [2.05, 4.69) is 9.47 Å². The van der Waals surface area contributed by atoms with Gasteiger partial charge in [-0.15, -0.1) is 0 Å². The molecule has 15 heteroatoms. The first-order valence-electron chi connectivity index (χ1n) is 9.98. The number of carbonyl (C=O) groups excluding carboxylic acids is 2. The van der Waals surface area contributed by atoms with E-state index in [-0.39, 0.29) is 6.07 Å². The van der Waals surface area contributed by atoms with Crippen LogP contribution in [0.25, 0.3) is 0 Å². The molecule has 0 spiro atoms. The third-order valence-corrected chi connectivity index (χ3v) is 6.96. The van der Waals surface area contributed by atoms with Gasteiger partial charge in [-0.05, 0) is 45.4 Å². The van der Waals surface area contributed by atoms with Crippen LogP contribution in [0.3, 0.4) is 0 Å². The van der Waals surface area contributed by atoms with E-state index in [1.165, 1.54) is 20.8 Å². The van der Waals surface area contributed by atoms with Crippen molar-refractivity contribution >= 4 is 21.9 Å². The van der Waals surface area contributed by atoms with Crippen LogP contribution in [-0.2, 0) is 30.3 Å². The molecule has 1 saturated heterocycles. The summed E-state index contributed by atoms with van der Waals surface area (Å²) in [5.41, 5.74) is -2.77. The number of methoxy groups -OCH3 is 1. The van der Waals surface area contributed by atoms with Gasteiger partial charge in [-0.25, -0.2) is 18.0 Å². The lowest BCUT2D eigenvalue weighted by atomic mass is 10.2. The van der Waals surface area contributed by atoms with E-state index in [4.69, 9.17) is 4.74 Å². The van der Waals surface area contributed by atoms with Crippen molar-refractivity contribution < 1.29 is 58.6 Å². The normalized spacial score (nSPS) is 19.4. The number of halogens is 6. The summed E-state index contributed by atoms with van der Waals surface area (Å²) in [6, 6.07) is -0.158. The Hall–Kier alpha value is -2.71. The summed E-state index contributed by atoms with van der Waals surface area (Å²) in [5, 5.41) is -1.66.